The van der Waals surface area contributed by atoms with E-state index >= 15 is 0 Å². The van der Waals surface area contributed by atoms with E-state index in [2.05, 4.69) is 0 Å². The van der Waals surface area contributed by atoms with Gasteiger partial charge in [-0.2, -0.15) is 0 Å². The summed E-state index contributed by atoms with van der Waals surface area (Å²) >= 11 is 0. The highest BCUT2D eigenvalue weighted by molar-refractivity contribution is 4.95. The van der Waals surface area contributed by atoms with Crippen LogP contribution in [-0.2, 0) is 25.6 Å². The summed E-state index contributed by atoms with van der Waals surface area (Å²) in [5, 5.41) is 0. The van der Waals surface area contributed by atoms with Crippen molar-refractivity contribution in [3.63, 3.8) is 0 Å². The van der Waals surface area contributed by atoms with Crippen LogP contribution in [0.1, 0.15) is 5.76 Å². The molecule has 0 saturated carbocycles. The Balaban J connectivity index is 1.76. The van der Waals surface area contributed by atoms with Crippen LogP contribution in [0.4, 0.5) is 0 Å². The van der Waals surface area contributed by atoms with Gasteiger partial charge in [0.15, 0.2) is 0 Å². The molecule has 1 aromatic heterocycles. The molecule has 0 spiro atoms. The van der Waals surface area contributed by atoms with E-state index in [9.17, 15) is 0 Å². The third-order valence-corrected chi connectivity index (χ3v) is 2.00. The predicted octanol–water partition coefficient (Wildman–Crippen LogP) is 1.48. The standard InChI is InChI=1S/C12H20O5/c1-13-5-6-14-7-8-15-9-10-16-11-12-3-2-4-17-12/h2-4H,5-11H2,1H3. The maximum absolute atomic E-state index is 5.34. The van der Waals surface area contributed by atoms with Crippen LogP contribution in [0.15, 0.2) is 22.8 Å². The Morgan fingerprint density at radius 1 is 0.941 bits per heavy atom. The van der Waals surface area contributed by atoms with Crippen molar-refractivity contribution in [3.05, 3.63) is 24.2 Å². The second kappa shape index (κ2) is 10.3. The molecule has 0 amide bonds. The minimum absolute atomic E-state index is 0.487. The summed E-state index contributed by atoms with van der Waals surface area (Å²) in [5.41, 5.74) is 0. The molecule has 0 aliphatic heterocycles. The lowest BCUT2D eigenvalue weighted by Gasteiger charge is -2.05. The molecule has 0 radical (unpaired) electrons. The molecule has 17 heavy (non-hydrogen) atoms. The van der Waals surface area contributed by atoms with Crippen molar-refractivity contribution in [1.29, 1.82) is 0 Å². The lowest BCUT2D eigenvalue weighted by atomic mass is 10.5. The highest BCUT2D eigenvalue weighted by atomic mass is 16.6. The van der Waals surface area contributed by atoms with Crippen LogP contribution >= 0.6 is 0 Å². The van der Waals surface area contributed by atoms with Crippen molar-refractivity contribution in [1.82, 2.24) is 0 Å². The second-order valence-corrected chi connectivity index (χ2v) is 3.35. The summed E-state index contributed by atoms with van der Waals surface area (Å²) in [6, 6.07) is 3.72. The molecule has 0 atom stereocenters. The van der Waals surface area contributed by atoms with Gasteiger partial charge in [0.05, 0.1) is 45.9 Å². The van der Waals surface area contributed by atoms with Gasteiger partial charge in [0.1, 0.15) is 12.4 Å². The number of furan rings is 1. The van der Waals surface area contributed by atoms with E-state index in [1.54, 1.807) is 13.4 Å². The summed E-state index contributed by atoms with van der Waals surface area (Å²) in [6.07, 6.45) is 1.63. The van der Waals surface area contributed by atoms with E-state index in [1.165, 1.54) is 0 Å². The van der Waals surface area contributed by atoms with Gasteiger partial charge in [0.2, 0.25) is 0 Å². The molecule has 1 aromatic rings. The van der Waals surface area contributed by atoms with Crippen molar-refractivity contribution in [2.45, 2.75) is 6.61 Å². The first-order valence-corrected chi connectivity index (χ1v) is 5.68. The maximum atomic E-state index is 5.34. The molecule has 0 aliphatic carbocycles. The number of rotatable bonds is 11. The molecule has 0 unspecified atom stereocenters. The summed E-state index contributed by atoms with van der Waals surface area (Å²) in [4.78, 5) is 0. The fourth-order valence-electron chi connectivity index (χ4n) is 1.15. The van der Waals surface area contributed by atoms with E-state index in [-0.39, 0.29) is 0 Å². The van der Waals surface area contributed by atoms with Crippen LogP contribution in [-0.4, -0.2) is 46.8 Å². The molecular weight excluding hydrogens is 224 g/mol. The fraction of sp³-hybridized carbons (Fsp3) is 0.667. The normalized spacial score (nSPS) is 10.9. The smallest absolute Gasteiger partial charge is 0.129 e. The van der Waals surface area contributed by atoms with Gasteiger partial charge in [-0.3, -0.25) is 0 Å². The first kappa shape index (κ1) is 14.2. The largest absolute Gasteiger partial charge is 0.467 e. The highest BCUT2D eigenvalue weighted by Crippen LogP contribution is 2.01. The predicted molar refractivity (Wildman–Crippen MR) is 61.9 cm³/mol. The Morgan fingerprint density at radius 3 is 2.18 bits per heavy atom. The van der Waals surface area contributed by atoms with E-state index in [4.69, 9.17) is 23.4 Å². The van der Waals surface area contributed by atoms with Crippen molar-refractivity contribution in [2.75, 3.05) is 46.8 Å². The van der Waals surface area contributed by atoms with Gasteiger partial charge in [-0.05, 0) is 12.1 Å². The highest BCUT2D eigenvalue weighted by Gasteiger charge is 1.95. The van der Waals surface area contributed by atoms with Crippen molar-refractivity contribution in [2.24, 2.45) is 0 Å². The molecule has 0 N–H and O–H groups in total. The zero-order valence-electron chi connectivity index (χ0n) is 10.2. The van der Waals surface area contributed by atoms with Crippen LogP contribution in [0.2, 0.25) is 0 Å². The van der Waals surface area contributed by atoms with Crippen molar-refractivity contribution < 1.29 is 23.4 Å². The topological polar surface area (TPSA) is 50.1 Å². The van der Waals surface area contributed by atoms with Crippen LogP contribution in [0.5, 0.6) is 0 Å². The lowest BCUT2D eigenvalue weighted by Crippen LogP contribution is -2.11. The van der Waals surface area contributed by atoms with Crippen molar-refractivity contribution in [3.8, 4) is 0 Å². The Hall–Kier alpha value is -0.880. The molecular formula is C12H20O5. The van der Waals surface area contributed by atoms with Gasteiger partial charge >= 0.3 is 0 Å². The Bertz CT molecular complexity index is 247. The molecule has 0 aromatic carbocycles. The van der Waals surface area contributed by atoms with E-state index < -0.39 is 0 Å². The Kier molecular flexibility index (Phi) is 8.58. The number of methoxy groups -OCH3 is 1. The zero-order chi connectivity index (χ0) is 12.2. The molecule has 5 heteroatoms. The monoisotopic (exact) mass is 244 g/mol. The van der Waals surface area contributed by atoms with Gasteiger partial charge in [-0.15, -0.1) is 0 Å². The third kappa shape index (κ3) is 7.93. The average Bonchev–Trinajstić information content (AvgIpc) is 2.85. The SMILES string of the molecule is COCCOCCOCCOCc1ccco1. The minimum Gasteiger partial charge on any atom is -0.467 e. The summed E-state index contributed by atoms with van der Waals surface area (Å²) in [7, 11) is 1.65. The van der Waals surface area contributed by atoms with Gasteiger partial charge in [0.25, 0.3) is 0 Å². The summed E-state index contributed by atoms with van der Waals surface area (Å²) < 4.78 is 25.8. The number of ether oxygens (including phenoxy) is 4. The molecule has 5 nitrogen and oxygen atoms in total. The molecule has 1 heterocycles. The molecule has 0 bridgehead atoms. The molecule has 98 valence electrons. The quantitative estimate of drug-likeness (QED) is 0.552. The van der Waals surface area contributed by atoms with E-state index in [1.807, 2.05) is 12.1 Å². The average molecular weight is 244 g/mol. The zero-order valence-corrected chi connectivity index (χ0v) is 10.2. The van der Waals surface area contributed by atoms with Crippen LogP contribution in [0.25, 0.3) is 0 Å². The summed E-state index contributed by atoms with van der Waals surface area (Å²) in [5.74, 6) is 0.827. The molecule has 0 fully saturated rings. The Morgan fingerprint density at radius 2 is 1.59 bits per heavy atom. The Labute approximate surface area is 102 Å². The molecule has 0 aliphatic rings. The number of hydrogen-bond acceptors (Lipinski definition) is 5. The first-order chi connectivity index (χ1) is 8.43. The minimum atomic E-state index is 0.487. The van der Waals surface area contributed by atoms with Crippen LogP contribution < -0.4 is 0 Å². The third-order valence-electron chi connectivity index (χ3n) is 2.00. The van der Waals surface area contributed by atoms with Gasteiger partial charge < -0.3 is 23.4 Å². The van der Waals surface area contributed by atoms with Crippen molar-refractivity contribution >= 4 is 0 Å². The summed E-state index contributed by atoms with van der Waals surface area (Å²) in [6.45, 7) is 3.99. The maximum Gasteiger partial charge on any atom is 0.129 e. The van der Waals surface area contributed by atoms with Gasteiger partial charge in [-0.25, -0.2) is 0 Å². The van der Waals surface area contributed by atoms with Gasteiger partial charge in [0, 0.05) is 7.11 Å². The number of hydrogen-bond donors (Lipinski definition) is 0. The molecule has 0 saturated heterocycles. The second-order valence-electron chi connectivity index (χ2n) is 3.35. The fourth-order valence-corrected chi connectivity index (χ4v) is 1.15. The van der Waals surface area contributed by atoms with E-state index in [0.29, 0.717) is 46.2 Å². The molecule has 1 rings (SSSR count). The van der Waals surface area contributed by atoms with Gasteiger partial charge in [-0.1, -0.05) is 0 Å². The first-order valence-electron chi connectivity index (χ1n) is 5.68. The lowest BCUT2D eigenvalue weighted by molar-refractivity contribution is -0.00125. The van der Waals surface area contributed by atoms with Crippen LogP contribution in [0, 0.1) is 0 Å². The van der Waals surface area contributed by atoms with Crippen LogP contribution in [0.3, 0.4) is 0 Å². The van der Waals surface area contributed by atoms with E-state index in [0.717, 1.165) is 5.76 Å².